The largest absolute Gasteiger partial charge is 0.489 e. The molecular weight excluding hydrogens is 2000 g/mol. The Morgan fingerprint density at radius 1 is 0.187 bits per heavy atom. The molecule has 12 N–H and O–H groups in total. The van der Waals surface area contributed by atoms with Gasteiger partial charge in [0.1, 0.15) is 145 Å². The van der Waals surface area contributed by atoms with Crippen LogP contribution in [0, 0.1) is 0 Å². The number of carboxylic acids is 6. The zero-order chi connectivity index (χ0) is 107. The molecule has 12 aromatic carbocycles. The van der Waals surface area contributed by atoms with Crippen molar-refractivity contribution in [2.75, 3.05) is 0 Å². The topological polar surface area (TPSA) is 546 Å². The summed E-state index contributed by atoms with van der Waals surface area (Å²) in [4.78, 5) is 144. The number of ether oxygens (including phenoxy) is 6. The normalized spacial score (nSPS) is 13.6. The molecule has 13 rings (SSSR count). The van der Waals surface area contributed by atoms with Crippen LogP contribution in [0.2, 0.25) is 0 Å². The molecule has 12 aromatic rings. The molecule has 6 atom stereocenters. The Morgan fingerprint density at radius 3 is 0.400 bits per heavy atom. The highest BCUT2D eigenvalue weighted by Crippen LogP contribution is 2.79. The van der Waals surface area contributed by atoms with E-state index in [1.807, 2.05) is 0 Å². The van der Waals surface area contributed by atoms with E-state index >= 15 is 0 Å². The Labute approximate surface area is 861 Å². The number of hydrogen-bond donors (Lipinski definition) is 12. The average Bonchev–Trinajstić information content (AvgIpc) is 0.726. The molecule has 0 aliphatic carbocycles. The van der Waals surface area contributed by atoms with Crippen LogP contribution in [0.25, 0.3) is 0 Å². The highest BCUT2D eigenvalue weighted by molar-refractivity contribution is 7.79. The maximum atomic E-state index is 12.1. The predicted octanol–water partition coefficient (Wildman–Crippen LogP) is 16.6. The molecule has 42 heteroatoms. The van der Waals surface area contributed by atoms with Gasteiger partial charge in [0.2, 0.25) is 35.4 Å². The molecule has 0 spiro atoms. The summed E-state index contributed by atoms with van der Waals surface area (Å²) in [5.74, 6) is -7.39. The number of carboxylic acid groups (broad SMARTS) is 6. The van der Waals surface area contributed by atoms with Crippen LogP contribution in [0.15, 0.2) is 305 Å². The molecule has 0 fully saturated rings. The standard InChI is InChI=1S/C108H108N9O30P3/c1-67(118)109-97(103(124)125)55-73-7-31-85(32-8-73)136-61-79-19-43-91(44-20-79)142-148(143-92-45-21-80(22-46-92)62-137-86-33-9-74(10-34-86)56-98(104(126)127)110-68(2)119)115-149(144-93-47-23-81(24-48-93)63-138-87-35-11-75(12-36-87)57-99(105(128)129)111-69(3)120,145-94-49-25-82(26-50-94)64-139-88-37-13-76(14-38-88)58-100(106(130)131)112-70(4)121)117-150(116-148,146-95-51-27-83(28-52-95)65-140-89-39-15-77(16-40-89)59-101(107(132)133)113-71(5)122)147-96-53-29-84(30-54-96)66-141-90-41-17-78(18-42-90)60-102(108(134)135)114-72(6)123/h7-54,97-102H,55-66H2,1-6H3,(H,109,118)(H,110,119)(H,111,120)(H,112,121)(H,113,122)(H,114,123)(H,124,125)(H,126,127)(H,128,129)(H,130,131)(H,132,133)(H,134,135)/t97-,98-,99-,100-,101-,102-/m0/s1. The molecule has 6 amide bonds. The van der Waals surface area contributed by atoms with Crippen LogP contribution >= 0.6 is 23.0 Å². The molecule has 780 valence electrons. The highest BCUT2D eigenvalue weighted by atomic mass is 31.3. The van der Waals surface area contributed by atoms with Gasteiger partial charge in [-0.1, -0.05) is 159 Å². The third kappa shape index (κ3) is 34.4. The van der Waals surface area contributed by atoms with Gasteiger partial charge in [-0.25, -0.2) is 28.8 Å². The van der Waals surface area contributed by atoms with Gasteiger partial charge in [-0.2, -0.15) is 0 Å². The van der Waals surface area contributed by atoms with E-state index in [9.17, 15) is 88.2 Å². The molecule has 0 radical (unpaired) electrons. The zero-order valence-electron chi connectivity index (χ0n) is 81.8. The first kappa shape index (κ1) is 110. The first-order valence-electron chi connectivity index (χ1n) is 46.8. The molecule has 1 aliphatic heterocycles. The van der Waals surface area contributed by atoms with Crippen LogP contribution in [-0.4, -0.2) is 138 Å². The molecule has 0 bridgehead atoms. The van der Waals surface area contributed by atoms with Crippen molar-refractivity contribution in [2.24, 2.45) is 13.5 Å². The molecular formula is C108H108N9O30P3. The SMILES string of the molecule is CC(=O)N[C@@H](Cc1ccc(OCc2ccc(OP3(Oc4ccc(COc5ccc(C[C@H](NC(C)=O)C(=O)O)cc5)cc4)=NP(Oc4ccc(COc5ccc(C[C@H](NC(C)=O)C(=O)O)cc5)cc4)(Oc4ccc(COc5ccc(C[C@H](NC(C)=O)C(=O)O)cc5)cc4)=NP(Oc4ccc(COc5ccc(C[C@H](NC(C)=O)C(=O)O)cc5)cc4)(Oc4ccc(COc5ccc(C[C@H](NC(C)=O)C(=O)O)cc5)cc4)=N3)cc2)cc1)C(=O)O. The molecule has 1 heterocycles. The summed E-state index contributed by atoms with van der Waals surface area (Å²) in [7, 11) is -14.5. The van der Waals surface area contributed by atoms with Crippen LogP contribution in [0.4, 0.5) is 0 Å². The Morgan fingerprint density at radius 2 is 0.293 bits per heavy atom. The summed E-state index contributed by atoms with van der Waals surface area (Å²) in [5.41, 5.74) is 7.30. The van der Waals surface area contributed by atoms with Crippen molar-refractivity contribution >= 4 is 94.2 Å². The number of hydrogen-bond acceptors (Lipinski definition) is 27. The molecule has 1 aliphatic rings. The maximum Gasteiger partial charge on any atom is 0.460 e. The minimum atomic E-state index is -4.85. The van der Waals surface area contributed by atoms with Crippen molar-refractivity contribution < 1.29 is 144 Å². The van der Waals surface area contributed by atoms with Crippen LogP contribution in [0.1, 0.15) is 108 Å². The molecule has 0 aromatic heterocycles. The van der Waals surface area contributed by atoms with Crippen molar-refractivity contribution in [1.82, 2.24) is 31.9 Å². The van der Waals surface area contributed by atoms with Gasteiger partial charge in [-0.15, -0.1) is 0 Å². The quantitative estimate of drug-likeness (QED) is 0.0158. The second kappa shape index (κ2) is 52.1. The fourth-order valence-electron chi connectivity index (χ4n) is 14.9. The number of nitrogens with one attached hydrogen (secondary N) is 6. The van der Waals surface area contributed by atoms with Crippen LogP contribution < -0.4 is 87.5 Å². The average molecular weight is 2110 g/mol. The van der Waals surface area contributed by atoms with Crippen LogP contribution in [-0.2, 0) is 136 Å². The van der Waals surface area contributed by atoms with Gasteiger partial charge in [0, 0.05) is 80.1 Å². The molecule has 39 nitrogen and oxygen atoms in total. The monoisotopic (exact) mass is 2100 g/mol. The summed E-state index contributed by atoms with van der Waals surface area (Å²) in [6.45, 7) is 7.27. The highest BCUT2D eigenvalue weighted by Gasteiger charge is 2.49. The van der Waals surface area contributed by atoms with E-state index in [1.165, 1.54) is 41.5 Å². The molecule has 0 saturated heterocycles. The van der Waals surface area contributed by atoms with Crippen molar-refractivity contribution in [3.05, 3.63) is 358 Å². The lowest BCUT2D eigenvalue weighted by Crippen LogP contribution is -2.41. The maximum absolute atomic E-state index is 12.1. The summed E-state index contributed by atoms with van der Waals surface area (Å²) >= 11 is 0. The summed E-state index contributed by atoms with van der Waals surface area (Å²) in [5, 5.41) is 73.9. The van der Waals surface area contributed by atoms with Crippen molar-refractivity contribution in [2.45, 2.75) is 156 Å². The van der Waals surface area contributed by atoms with Gasteiger partial charge in [0.25, 0.3) is 0 Å². The van der Waals surface area contributed by atoms with E-state index in [0.29, 0.717) is 101 Å². The third-order valence-corrected chi connectivity index (χ3v) is 30.3. The Balaban J connectivity index is 0.947. The molecule has 150 heavy (non-hydrogen) atoms. The number of benzene rings is 12. The zero-order valence-corrected chi connectivity index (χ0v) is 84.5. The number of nitrogens with zero attached hydrogens (tertiary/aromatic N) is 3. The van der Waals surface area contributed by atoms with E-state index in [4.69, 9.17) is 69.1 Å². The number of aliphatic carboxylic acids is 6. The van der Waals surface area contributed by atoms with E-state index in [2.05, 4.69) is 31.9 Å². The van der Waals surface area contributed by atoms with Gasteiger partial charge < -0.3 is 118 Å². The number of carbonyl (C=O) groups is 12. The fourth-order valence-corrected chi connectivity index (χ4v) is 23.9. The van der Waals surface area contributed by atoms with E-state index in [0.717, 1.165) is 0 Å². The molecule has 0 unspecified atom stereocenters. The summed E-state index contributed by atoms with van der Waals surface area (Å²) in [6, 6.07) is 73.1. The number of carbonyl (C=O) groups excluding carboxylic acids is 6. The Hall–Kier alpha value is -17.4. The van der Waals surface area contributed by atoms with Crippen molar-refractivity contribution in [3.63, 3.8) is 0 Å². The lowest BCUT2D eigenvalue weighted by Gasteiger charge is -2.33. The lowest BCUT2D eigenvalue weighted by molar-refractivity contribution is -0.141. The van der Waals surface area contributed by atoms with Gasteiger partial charge in [-0.3, -0.25) is 28.8 Å². The van der Waals surface area contributed by atoms with Gasteiger partial charge in [-0.05, 0) is 212 Å². The Bertz CT molecular complexity index is 5880. The van der Waals surface area contributed by atoms with Crippen LogP contribution in [0.5, 0.6) is 69.0 Å². The lowest BCUT2D eigenvalue weighted by atomic mass is 10.1. The number of amides is 6. The fraction of sp³-hybridized carbons (Fsp3) is 0.222. The first-order valence-corrected chi connectivity index (χ1v) is 51.4. The second-order valence-corrected chi connectivity index (χ2v) is 40.7. The van der Waals surface area contributed by atoms with Gasteiger partial charge in [0.15, 0.2) is 0 Å². The van der Waals surface area contributed by atoms with Gasteiger partial charge in [0.05, 0.1) is 0 Å². The minimum Gasteiger partial charge on any atom is -0.489 e. The first-order chi connectivity index (χ1) is 71.8. The number of rotatable bonds is 54. The van der Waals surface area contributed by atoms with E-state index in [-0.39, 0.29) is 113 Å². The predicted molar refractivity (Wildman–Crippen MR) is 549 cm³/mol. The van der Waals surface area contributed by atoms with Crippen molar-refractivity contribution in [1.29, 1.82) is 0 Å². The summed E-state index contributed by atoms with van der Waals surface area (Å²) in [6.07, 6.45) is -0.0451. The van der Waals surface area contributed by atoms with Gasteiger partial charge >= 0.3 is 58.8 Å². The third-order valence-electron chi connectivity index (χ3n) is 22.2. The van der Waals surface area contributed by atoms with E-state index < -0.39 is 130 Å². The molecule has 0 saturated carbocycles. The minimum absolute atomic E-state index is 0.00751. The van der Waals surface area contributed by atoms with E-state index in [1.54, 1.807) is 291 Å². The van der Waals surface area contributed by atoms with Crippen molar-refractivity contribution in [3.8, 4) is 69.0 Å². The smallest absolute Gasteiger partial charge is 0.460 e. The van der Waals surface area contributed by atoms with Crippen LogP contribution in [0.3, 0.4) is 0 Å². The second-order valence-electron chi connectivity index (χ2n) is 34.5. The summed E-state index contributed by atoms with van der Waals surface area (Å²) < 4.78 is 98.7. The Kier molecular flexibility index (Phi) is 38.1.